The molecule has 17 heavy (non-hydrogen) atoms. The molecule has 0 aliphatic rings. The first-order chi connectivity index (χ1) is 7.93. The first-order valence-electron chi connectivity index (χ1n) is 4.45. The largest absolute Gasteiger partial charge is 0.467 e. The zero-order valence-corrected chi connectivity index (χ0v) is 10.5. The fraction of sp³-hybridized carbons (Fsp3) is 0.300. The maximum Gasteiger partial charge on any atom is 0.339 e. The highest BCUT2D eigenvalue weighted by Gasteiger charge is 2.26. The average molecular weight is 275 g/mol. The van der Waals surface area contributed by atoms with Crippen molar-refractivity contribution in [2.24, 2.45) is 0 Å². The molecule has 0 radical (unpaired) electrons. The summed E-state index contributed by atoms with van der Waals surface area (Å²) in [6.07, 6.45) is -1.59. The van der Waals surface area contributed by atoms with Gasteiger partial charge in [0.25, 0.3) is 0 Å². The number of aliphatic hydroxyl groups excluding tert-OH is 1. The van der Waals surface area contributed by atoms with Crippen molar-refractivity contribution in [2.75, 3.05) is 7.11 Å². The van der Waals surface area contributed by atoms with Crippen LogP contribution in [0.2, 0.25) is 10.2 Å². The summed E-state index contributed by atoms with van der Waals surface area (Å²) in [4.78, 5) is 15.1. The number of methoxy groups -OCH3 is 1. The minimum atomic E-state index is -1.59. The molecule has 5 nitrogen and oxygen atoms in total. The lowest BCUT2D eigenvalue weighted by Gasteiger charge is -2.14. The Morgan fingerprint density at radius 2 is 2.18 bits per heavy atom. The quantitative estimate of drug-likeness (QED) is 0.657. The maximum atomic E-state index is 11.2. The molecule has 0 aliphatic carbocycles. The molecule has 90 valence electrons. The fourth-order valence-electron chi connectivity index (χ4n) is 1.29. The fourth-order valence-corrected chi connectivity index (χ4v) is 1.97. The van der Waals surface area contributed by atoms with Crippen LogP contribution in [0.4, 0.5) is 0 Å². The summed E-state index contributed by atoms with van der Waals surface area (Å²) in [5, 5.41) is 18.4. The summed E-state index contributed by atoms with van der Waals surface area (Å²) in [6, 6.07) is 1.75. The number of rotatable bonds is 2. The Bertz CT molecular complexity index is 511. The van der Waals surface area contributed by atoms with E-state index in [9.17, 15) is 9.90 Å². The summed E-state index contributed by atoms with van der Waals surface area (Å²) in [6.45, 7) is 1.51. The highest BCUT2D eigenvalue weighted by molar-refractivity contribution is 6.36. The minimum Gasteiger partial charge on any atom is -0.467 e. The average Bonchev–Trinajstić information content (AvgIpc) is 2.27. The van der Waals surface area contributed by atoms with Gasteiger partial charge in [0.15, 0.2) is 6.10 Å². The van der Waals surface area contributed by atoms with E-state index in [0.717, 1.165) is 7.11 Å². The van der Waals surface area contributed by atoms with Crippen LogP contribution in [0.1, 0.15) is 22.9 Å². The van der Waals surface area contributed by atoms with Gasteiger partial charge < -0.3 is 9.84 Å². The van der Waals surface area contributed by atoms with Crippen molar-refractivity contribution in [1.82, 2.24) is 4.98 Å². The molecular weight excluding hydrogens is 267 g/mol. The van der Waals surface area contributed by atoms with Gasteiger partial charge >= 0.3 is 5.97 Å². The molecule has 0 amide bonds. The predicted molar refractivity (Wildman–Crippen MR) is 60.7 cm³/mol. The van der Waals surface area contributed by atoms with Crippen LogP contribution < -0.4 is 0 Å². The maximum absolute atomic E-state index is 11.2. The van der Waals surface area contributed by atoms with E-state index in [4.69, 9.17) is 28.5 Å². The number of aromatic nitrogens is 1. The van der Waals surface area contributed by atoms with E-state index in [1.54, 1.807) is 6.07 Å². The lowest BCUT2D eigenvalue weighted by Crippen LogP contribution is -2.16. The van der Waals surface area contributed by atoms with Gasteiger partial charge in [-0.2, -0.15) is 5.26 Å². The Morgan fingerprint density at radius 1 is 1.59 bits per heavy atom. The van der Waals surface area contributed by atoms with Crippen LogP contribution in [0.25, 0.3) is 0 Å². The van der Waals surface area contributed by atoms with Crippen LogP contribution in [0, 0.1) is 18.3 Å². The summed E-state index contributed by atoms with van der Waals surface area (Å²) < 4.78 is 4.39. The molecule has 0 aromatic carbocycles. The third-order valence-corrected chi connectivity index (χ3v) is 2.79. The van der Waals surface area contributed by atoms with E-state index in [1.807, 2.05) is 0 Å². The molecule has 0 aliphatic heterocycles. The number of carbonyl (C=O) groups is 1. The molecule has 0 saturated heterocycles. The zero-order valence-electron chi connectivity index (χ0n) is 8.99. The van der Waals surface area contributed by atoms with E-state index in [0.29, 0.717) is 0 Å². The van der Waals surface area contributed by atoms with Gasteiger partial charge in [0.2, 0.25) is 0 Å². The lowest BCUT2D eigenvalue weighted by atomic mass is 10.1. The van der Waals surface area contributed by atoms with Crippen LogP contribution >= 0.6 is 23.2 Å². The van der Waals surface area contributed by atoms with Crippen molar-refractivity contribution in [2.45, 2.75) is 13.0 Å². The molecule has 0 spiro atoms. The Labute approximate surface area is 108 Å². The van der Waals surface area contributed by atoms with Crippen LogP contribution in [0.15, 0.2) is 0 Å². The standard InChI is InChI=1S/C10H8Cl2N2O3/c1-4-6(8(15)10(16)17-2)7(11)5(3-13)9(12)14-4/h8,15H,1-2H3. The van der Waals surface area contributed by atoms with E-state index >= 15 is 0 Å². The number of hydrogen-bond acceptors (Lipinski definition) is 5. The van der Waals surface area contributed by atoms with E-state index < -0.39 is 12.1 Å². The Balaban J connectivity index is 3.45. The number of nitrogens with zero attached hydrogens (tertiary/aromatic N) is 2. The monoisotopic (exact) mass is 274 g/mol. The number of esters is 1. The van der Waals surface area contributed by atoms with Gasteiger partial charge in [-0.15, -0.1) is 0 Å². The van der Waals surface area contributed by atoms with Crippen molar-refractivity contribution in [3.05, 3.63) is 27.0 Å². The third-order valence-electron chi connectivity index (χ3n) is 2.13. The Morgan fingerprint density at radius 3 is 2.65 bits per heavy atom. The third kappa shape index (κ3) is 2.50. The van der Waals surface area contributed by atoms with Gasteiger partial charge in [-0.3, -0.25) is 0 Å². The number of nitriles is 1. The molecule has 1 aromatic heterocycles. The van der Waals surface area contributed by atoms with Crippen molar-refractivity contribution < 1.29 is 14.6 Å². The second kappa shape index (κ2) is 5.32. The van der Waals surface area contributed by atoms with Gasteiger partial charge in [0.1, 0.15) is 16.8 Å². The number of halogens is 2. The van der Waals surface area contributed by atoms with Gasteiger partial charge in [0.05, 0.1) is 12.1 Å². The molecule has 0 fully saturated rings. The first-order valence-corrected chi connectivity index (χ1v) is 5.21. The topological polar surface area (TPSA) is 83.2 Å². The highest BCUT2D eigenvalue weighted by atomic mass is 35.5. The number of ether oxygens (including phenoxy) is 1. The van der Waals surface area contributed by atoms with Crippen molar-refractivity contribution in [3.63, 3.8) is 0 Å². The number of aliphatic hydroxyl groups is 1. The highest BCUT2D eigenvalue weighted by Crippen LogP contribution is 2.32. The number of pyridine rings is 1. The molecule has 0 saturated carbocycles. The molecule has 1 heterocycles. The molecule has 0 bridgehead atoms. The van der Waals surface area contributed by atoms with Crippen molar-refractivity contribution >= 4 is 29.2 Å². The number of aryl methyl sites for hydroxylation is 1. The van der Waals surface area contributed by atoms with Crippen LogP contribution in [0.3, 0.4) is 0 Å². The normalized spacial score (nSPS) is 11.8. The first kappa shape index (κ1) is 13.7. The molecular formula is C10H8Cl2N2O3. The SMILES string of the molecule is COC(=O)C(O)c1c(C)nc(Cl)c(C#N)c1Cl. The van der Waals surface area contributed by atoms with Crippen LogP contribution in [0.5, 0.6) is 0 Å². The van der Waals surface area contributed by atoms with Crippen molar-refractivity contribution in [3.8, 4) is 6.07 Å². The van der Waals surface area contributed by atoms with E-state index in [1.165, 1.54) is 6.92 Å². The predicted octanol–water partition coefficient (Wildman–Crippen LogP) is 1.77. The molecule has 1 atom stereocenters. The lowest BCUT2D eigenvalue weighted by molar-refractivity contribution is -0.150. The van der Waals surface area contributed by atoms with E-state index in [-0.39, 0.29) is 27.0 Å². The number of carbonyl (C=O) groups excluding carboxylic acids is 1. The second-order valence-corrected chi connectivity index (χ2v) is 3.86. The van der Waals surface area contributed by atoms with Crippen LogP contribution in [-0.4, -0.2) is 23.2 Å². The van der Waals surface area contributed by atoms with Gasteiger partial charge in [-0.05, 0) is 6.92 Å². The van der Waals surface area contributed by atoms with E-state index in [2.05, 4.69) is 9.72 Å². The van der Waals surface area contributed by atoms with Gasteiger partial charge in [0, 0.05) is 11.3 Å². The number of hydrogen-bond donors (Lipinski definition) is 1. The van der Waals surface area contributed by atoms with Gasteiger partial charge in [-0.25, -0.2) is 9.78 Å². The molecule has 7 heteroatoms. The summed E-state index contributed by atoms with van der Waals surface area (Å²) in [5.41, 5.74) is 0.202. The molecule has 1 aromatic rings. The molecule has 1 N–H and O–H groups in total. The summed E-state index contributed by atoms with van der Waals surface area (Å²) in [5.74, 6) is -0.886. The Hall–Kier alpha value is -1.35. The summed E-state index contributed by atoms with van der Waals surface area (Å²) in [7, 11) is 1.13. The molecule has 1 rings (SSSR count). The molecule has 1 unspecified atom stereocenters. The smallest absolute Gasteiger partial charge is 0.339 e. The van der Waals surface area contributed by atoms with Crippen LogP contribution in [-0.2, 0) is 9.53 Å². The second-order valence-electron chi connectivity index (χ2n) is 3.13. The summed E-state index contributed by atoms with van der Waals surface area (Å²) >= 11 is 11.6. The zero-order chi connectivity index (χ0) is 13.2. The van der Waals surface area contributed by atoms with Gasteiger partial charge in [-0.1, -0.05) is 23.2 Å². The Kier molecular flexibility index (Phi) is 4.29. The van der Waals surface area contributed by atoms with Crippen molar-refractivity contribution in [1.29, 1.82) is 5.26 Å². The minimum absolute atomic E-state index is 0.0273.